The molecule has 0 bridgehead atoms. The van der Waals surface area contributed by atoms with Crippen molar-refractivity contribution in [1.29, 1.82) is 0 Å². The zero-order valence-electron chi connectivity index (χ0n) is 13.0. The number of H-pyrrole nitrogens is 1. The van der Waals surface area contributed by atoms with E-state index in [0.717, 1.165) is 18.2 Å². The molecule has 3 rings (SSSR count). The normalized spacial score (nSPS) is 15.8. The van der Waals surface area contributed by atoms with Crippen molar-refractivity contribution in [1.82, 2.24) is 25.2 Å². The van der Waals surface area contributed by atoms with Crippen molar-refractivity contribution in [3.63, 3.8) is 0 Å². The van der Waals surface area contributed by atoms with Crippen molar-refractivity contribution in [2.75, 3.05) is 32.0 Å². The summed E-state index contributed by atoms with van der Waals surface area (Å²) in [5, 5.41) is 7.00. The molecule has 1 saturated heterocycles. The molecule has 0 spiro atoms. The fraction of sp³-hybridized carbons (Fsp3) is 0.467. The van der Waals surface area contributed by atoms with Crippen molar-refractivity contribution in [2.45, 2.75) is 18.9 Å². The molecule has 122 valence electrons. The summed E-state index contributed by atoms with van der Waals surface area (Å²) < 4.78 is 0. The van der Waals surface area contributed by atoms with Crippen molar-refractivity contribution < 1.29 is 4.79 Å². The Hall–Kier alpha value is -2.48. The van der Waals surface area contributed by atoms with Gasteiger partial charge in [0.1, 0.15) is 11.5 Å². The Balaban J connectivity index is 1.70. The van der Waals surface area contributed by atoms with E-state index in [4.69, 9.17) is 0 Å². The van der Waals surface area contributed by atoms with Crippen molar-refractivity contribution >= 4 is 22.8 Å². The lowest BCUT2D eigenvalue weighted by molar-refractivity contribution is -0.131. The quantitative estimate of drug-likeness (QED) is 0.730. The van der Waals surface area contributed by atoms with Crippen LogP contribution in [0.4, 0.5) is 5.82 Å². The Kier molecular flexibility index (Phi) is 4.52. The van der Waals surface area contributed by atoms with E-state index in [1.165, 1.54) is 0 Å². The molecule has 1 amide bonds. The lowest BCUT2D eigenvalue weighted by Gasteiger charge is -2.32. The molecule has 0 aromatic carbocycles. The van der Waals surface area contributed by atoms with Crippen LogP contribution >= 0.6 is 0 Å². The molecule has 8 heteroatoms. The van der Waals surface area contributed by atoms with Gasteiger partial charge >= 0.3 is 5.69 Å². The molecule has 8 nitrogen and oxygen atoms in total. The smallest absolute Gasteiger partial charge is 0.348 e. The third kappa shape index (κ3) is 3.48. The number of nitrogens with zero attached hydrogens (tertiary/aromatic N) is 3. The van der Waals surface area contributed by atoms with Gasteiger partial charge in [0, 0.05) is 25.3 Å². The number of piperidine rings is 1. The highest BCUT2D eigenvalue weighted by atomic mass is 16.2. The van der Waals surface area contributed by atoms with Gasteiger partial charge in [-0.1, -0.05) is 0 Å². The van der Waals surface area contributed by atoms with Gasteiger partial charge in [-0.2, -0.15) is 4.98 Å². The summed E-state index contributed by atoms with van der Waals surface area (Å²) in [7, 11) is 1.77. The van der Waals surface area contributed by atoms with Crippen molar-refractivity contribution in [2.24, 2.45) is 0 Å². The van der Waals surface area contributed by atoms with Crippen LogP contribution in [0, 0.1) is 0 Å². The minimum Gasteiger partial charge on any atom is -0.366 e. The van der Waals surface area contributed by atoms with Crippen LogP contribution in [0.25, 0.3) is 11.0 Å². The van der Waals surface area contributed by atoms with E-state index < -0.39 is 5.69 Å². The van der Waals surface area contributed by atoms with Gasteiger partial charge in [-0.25, -0.2) is 9.78 Å². The van der Waals surface area contributed by atoms with E-state index in [-0.39, 0.29) is 11.9 Å². The predicted octanol–water partition coefficient (Wildman–Crippen LogP) is -0.0596. The van der Waals surface area contributed by atoms with Gasteiger partial charge in [-0.15, -0.1) is 0 Å². The number of carbonyl (C=O) groups is 1. The number of amides is 1. The van der Waals surface area contributed by atoms with Crippen molar-refractivity contribution in [3.8, 4) is 0 Å². The molecule has 23 heavy (non-hydrogen) atoms. The fourth-order valence-electron chi connectivity index (χ4n) is 2.83. The van der Waals surface area contributed by atoms with E-state index in [1.807, 2.05) is 17.0 Å². The molecule has 1 aliphatic rings. The van der Waals surface area contributed by atoms with E-state index in [9.17, 15) is 9.59 Å². The number of pyridine rings is 1. The maximum absolute atomic E-state index is 11.9. The SMILES string of the molecule is CNCC(=O)N1CCC(Nc2nc(=O)[nH]c3ncccc23)CC1. The Morgan fingerprint density at radius 2 is 2.22 bits per heavy atom. The van der Waals surface area contributed by atoms with Gasteiger partial charge in [-0.3, -0.25) is 9.78 Å². The lowest BCUT2D eigenvalue weighted by atomic mass is 10.0. The number of hydrogen-bond acceptors (Lipinski definition) is 6. The number of hydrogen-bond donors (Lipinski definition) is 3. The van der Waals surface area contributed by atoms with Gasteiger partial charge in [0.25, 0.3) is 0 Å². The highest BCUT2D eigenvalue weighted by molar-refractivity contribution is 5.86. The van der Waals surface area contributed by atoms with Gasteiger partial charge in [-0.05, 0) is 32.0 Å². The van der Waals surface area contributed by atoms with E-state index in [0.29, 0.717) is 31.1 Å². The van der Waals surface area contributed by atoms with Crippen LogP contribution in [-0.4, -0.2) is 58.5 Å². The first kappa shape index (κ1) is 15.4. The second-order valence-electron chi connectivity index (χ2n) is 5.62. The highest BCUT2D eigenvalue weighted by Gasteiger charge is 2.23. The summed E-state index contributed by atoms with van der Waals surface area (Å²) in [6.07, 6.45) is 3.28. The molecule has 2 aromatic rings. The molecular formula is C15H20N6O2. The minimum atomic E-state index is -0.416. The van der Waals surface area contributed by atoms with Crippen LogP contribution in [0.15, 0.2) is 23.1 Å². The highest BCUT2D eigenvalue weighted by Crippen LogP contribution is 2.20. The summed E-state index contributed by atoms with van der Waals surface area (Å²) in [4.78, 5) is 36.2. The molecule has 0 saturated carbocycles. The number of likely N-dealkylation sites (N-methyl/N-ethyl adjacent to an activating group) is 1. The zero-order chi connectivity index (χ0) is 16.2. The first-order valence-electron chi connectivity index (χ1n) is 7.71. The summed E-state index contributed by atoms with van der Waals surface area (Å²) in [5.74, 6) is 0.673. The second-order valence-corrected chi connectivity index (χ2v) is 5.62. The molecule has 0 aliphatic carbocycles. The third-order valence-corrected chi connectivity index (χ3v) is 4.02. The van der Waals surface area contributed by atoms with Crippen molar-refractivity contribution in [3.05, 3.63) is 28.8 Å². The maximum atomic E-state index is 11.9. The van der Waals surface area contributed by atoms with E-state index >= 15 is 0 Å². The lowest BCUT2D eigenvalue weighted by Crippen LogP contribution is -2.45. The predicted molar refractivity (Wildman–Crippen MR) is 87.3 cm³/mol. The van der Waals surface area contributed by atoms with Gasteiger partial charge in [0.15, 0.2) is 0 Å². The maximum Gasteiger partial charge on any atom is 0.348 e. The topological polar surface area (TPSA) is 103 Å². The number of carbonyl (C=O) groups excluding carboxylic acids is 1. The van der Waals surface area contributed by atoms with Crippen LogP contribution in [-0.2, 0) is 4.79 Å². The van der Waals surface area contributed by atoms with Gasteiger partial charge < -0.3 is 15.5 Å². The van der Waals surface area contributed by atoms with Crippen LogP contribution in [0.3, 0.4) is 0 Å². The Labute approximate surface area is 133 Å². The first-order chi connectivity index (χ1) is 11.2. The summed E-state index contributed by atoms with van der Waals surface area (Å²) in [6, 6.07) is 3.87. The molecule has 2 aromatic heterocycles. The number of likely N-dealkylation sites (tertiary alicyclic amines) is 1. The number of fused-ring (bicyclic) bond motifs is 1. The Morgan fingerprint density at radius 3 is 2.96 bits per heavy atom. The molecule has 0 radical (unpaired) electrons. The van der Waals surface area contributed by atoms with Gasteiger partial charge in [0.2, 0.25) is 5.91 Å². The zero-order valence-corrected chi connectivity index (χ0v) is 13.0. The number of nitrogens with one attached hydrogen (secondary N) is 3. The van der Waals surface area contributed by atoms with E-state index in [1.54, 1.807) is 13.2 Å². The molecule has 3 heterocycles. The third-order valence-electron chi connectivity index (χ3n) is 4.02. The Bertz CT molecular complexity index is 751. The standard InChI is InChI=1S/C15H20N6O2/c1-16-9-12(22)21-7-4-10(5-8-21)18-14-11-3-2-6-17-13(11)19-15(23)20-14/h2-3,6,10,16H,4-5,7-9H2,1H3,(H2,17,18,19,20,23). The van der Waals surface area contributed by atoms with Crippen LogP contribution in [0.2, 0.25) is 0 Å². The largest absolute Gasteiger partial charge is 0.366 e. The van der Waals surface area contributed by atoms with E-state index in [2.05, 4.69) is 25.6 Å². The molecule has 0 unspecified atom stereocenters. The van der Waals surface area contributed by atoms with Crippen LogP contribution in [0.1, 0.15) is 12.8 Å². The van der Waals surface area contributed by atoms with Crippen LogP contribution < -0.4 is 16.3 Å². The number of aromatic amines is 1. The fourth-order valence-corrected chi connectivity index (χ4v) is 2.83. The number of anilines is 1. The summed E-state index contributed by atoms with van der Waals surface area (Å²) in [6.45, 7) is 1.78. The average molecular weight is 316 g/mol. The first-order valence-corrected chi connectivity index (χ1v) is 7.71. The molecule has 1 aliphatic heterocycles. The summed E-state index contributed by atoms with van der Waals surface area (Å²) in [5.41, 5.74) is 0.108. The number of rotatable bonds is 4. The minimum absolute atomic E-state index is 0.120. The molecule has 1 fully saturated rings. The second kappa shape index (κ2) is 6.74. The monoisotopic (exact) mass is 316 g/mol. The average Bonchev–Trinajstić information content (AvgIpc) is 2.55. The Morgan fingerprint density at radius 1 is 1.43 bits per heavy atom. The summed E-state index contributed by atoms with van der Waals surface area (Å²) >= 11 is 0. The molecular weight excluding hydrogens is 296 g/mol. The number of aromatic nitrogens is 3. The van der Waals surface area contributed by atoms with Crippen LogP contribution in [0.5, 0.6) is 0 Å². The van der Waals surface area contributed by atoms with Gasteiger partial charge in [0.05, 0.1) is 11.9 Å². The molecule has 0 atom stereocenters. The molecule has 3 N–H and O–H groups in total.